The van der Waals surface area contributed by atoms with Crippen LogP contribution < -0.4 is 10.2 Å². The standard InChI is InChI=1S/C14H15F3N4O2S/c1-8-6-11(20-23-8)19-12(22)9-2-4-21(5-3-9)13-18-7-10(24-13)14(15,16)17/h6-7,9H,2-5H2,1H3,(H,19,20,22). The molecule has 130 valence electrons. The van der Waals surface area contributed by atoms with Gasteiger partial charge >= 0.3 is 6.18 Å². The Balaban J connectivity index is 1.55. The SMILES string of the molecule is Cc1cc(NC(=O)C2CCN(c3ncc(C(F)(F)F)s3)CC2)no1. The van der Waals surface area contributed by atoms with Crippen LogP contribution in [0.5, 0.6) is 0 Å². The summed E-state index contributed by atoms with van der Waals surface area (Å²) in [5.74, 6) is 0.609. The minimum atomic E-state index is -4.37. The van der Waals surface area contributed by atoms with Gasteiger partial charge in [-0.05, 0) is 19.8 Å². The van der Waals surface area contributed by atoms with Crippen LogP contribution in [-0.2, 0) is 11.0 Å². The lowest BCUT2D eigenvalue weighted by molar-refractivity contribution is -0.134. The molecule has 10 heteroatoms. The molecule has 0 bridgehead atoms. The van der Waals surface area contributed by atoms with Gasteiger partial charge in [0.25, 0.3) is 0 Å². The van der Waals surface area contributed by atoms with Crippen molar-refractivity contribution >= 4 is 28.2 Å². The molecular formula is C14H15F3N4O2S. The van der Waals surface area contributed by atoms with E-state index in [2.05, 4.69) is 15.5 Å². The molecule has 24 heavy (non-hydrogen) atoms. The number of carbonyl (C=O) groups is 1. The summed E-state index contributed by atoms with van der Waals surface area (Å²) >= 11 is 0.628. The fraction of sp³-hybridized carbons (Fsp3) is 0.500. The van der Waals surface area contributed by atoms with E-state index in [1.807, 2.05) is 0 Å². The topological polar surface area (TPSA) is 71.3 Å². The molecule has 3 heterocycles. The van der Waals surface area contributed by atoms with E-state index in [4.69, 9.17) is 4.52 Å². The van der Waals surface area contributed by atoms with Gasteiger partial charge in [-0.1, -0.05) is 16.5 Å². The average Bonchev–Trinajstić information content (AvgIpc) is 3.16. The third kappa shape index (κ3) is 3.69. The molecule has 1 N–H and O–H groups in total. The number of aromatic nitrogens is 2. The van der Waals surface area contributed by atoms with Crippen molar-refractivity contribution in [2.24, 2.45) is 5.92 Å². The molecule has 2 aromatic rings. The van der Waals surface area contributed by atoms with Crippen molar-refractivity contribution in [1.29, 1.82) is 0 Å². The summed E-state index contributed by atoms with van der Waals surface area (Å²) in [5, 5.41) is 6.73. The van der Waals surface area contributed by atoms with Crippen LogP contribution in [0.15, 0.2) is 16.8 Å². The highest BCUT2D eigenvalue weighted by molar-refractivity contribution is 7.15. The third-order valence-electron chi connectivity index (χ3n) is 3.79. The first kappa shape index (κ1) is 16.7. The summed E-state index contributed by atoms with van der Waals surface area (Å²) in [6.45, 7) is 2.70. The van der Waals surface area contributed by atoms with E-state index in [1.54, 1.807) is 17.9 Å². The molecule has 0 radical (unpaired) electrons. The number of halogens is 3. The molecule has 1 fully saturated rings. The van der Waals surface area contributed by atoms with Crippen molar-refractivity contribution in [1.82, 2.24) is 10.1 Å². The van der Waals surface area contributed by atoms with Crippen molar-refractivity contribution in [3.63, 3.8) is 0 Å². The van der Waals surface area contributed by atoms with Crippen LogP contribution in [0.1, 0.15) is 23.5 Å². The van der Waals surface area contributed by atoms with Crippen molar-refractivity contribution in [3.8, 4) is 0 Å². The number of piperidine rings is 1. The zero-order chi connectivity index (χ0) is 17.3. The minimum Gasteiger partial charge on any atom is -0.360 e. The Morgan fingerprint density at radius 1 is 1.42 bits per heavy atom. The molecule has 0 unspecified atom stereocenters. The monoisotopic (exact) mass is 360 g/mol. The Hall–Kier alpha value is -2.10. The van der Waals surface area contributed by atoms with Gasteiger partial charge in [-0.25, -0.2) is 4.98 Å². The lowest BCUT2D eigenvalue weighted by atomic mass is 9.96. The summed E-state index contributed by atoms with van der Waals surface area (Å²) in [4.78, 5) is 17.1. The van der Waals surface area contributed by atoms with Gasteiger partial charge in [0.1, 0.15) is 10.6 Å². The van der Waals surface area contributed by atoms with Crippen molar-refractivity contribution in [2.75, 3.05) is 23.3 Å². The van der Waals surface area contributed by atoms with Gasteiger partial charge in [0.2, 0.25) is 5.91 Å². The Kier molecular flexibility index (Phi) is 4.48. The van der Waals surface area contributed by atoms with E-state index in [0.717, 1.165) is 6.20 Å². The number of alkyl halides is 3. The summed E-state index contributed by atoms with van der Waals surface area (Å²) in [6, 6.07) is 1.63. The third-order valence-corrected chi connectivity index (χ3v) is 4.89. The fourth-order valence-corrected chi connectivity index (χ4v) is 3.36. The largest absolute Gasteiger partial charge is 0.427 e. The number of carbonyl (C=O) groups excluding carboxylic acids is 1. The van der Waals surface area contributed by atoms with Gasteiger partial charge in [0.05, 0.1) is 6.20 Å². The second-order valence-corrected chi connectivity index (χ2v) is 6.59. The van der Waals surface area contributed by atoms with E-state index < -0.39 is 11.1 Å². The van der Waals surface area contributed by atoms with E-state index in [1.165, 1.54) is 0 Å². The first-order valence-corrected chi connectivity index (χ1v) is 8.17. The first-order chi connectivity index (χ1) is 11.3. The van der Waals surface area contributed by atoms with Crippen LogP contribution in [0.3, 0.4) is 0 Å². The van der Waals surface area contributed by atoms with E-state index in [9.17, 15) is 18.0 Å². The summed E-state index contributed by atoms with van der Waals surface area (Å²) in [6.07, 6.45) is -2.43. The van der Waals surface area contributed by atoms with E-state index in [0.29, 0.717) is 54.0 Å². The molecule has 1 aliphatic rings. The molecule has 0 aliphatic carbocycles. The number of anilines is 2. The molecule has 0 atom stereocenters. The van der Waals surface area contributed by atoms with Crippen LogP contribution in [0.4, 0.5) is 24.1 Å². The number of nitrogens with one attached hydrogen (secondary N) is 1. The quantitative estimate of drug-likeness (QED) is 0.909. The molecule has 0 saturated carbocycles. The average molecular weight is 360 g/mol. The van der Waals surface area contributed by atoms with Gasteiger partial charge in [-0.3, -0.25) is 4.79 Å². The molecule has 2 aromatic heterocycles. The predicted octanol–water partition coefficient (Wildman–Crippen LogP) is 3.31. The highest BCUT2D eigenvalue weighted by Gasteiger charge is 2.34. The number of amides is 1. The van der Waals surface area contributed by atoms with Crippen molar-refractivity contribution in [2.45, 2.75) is 25.9 Å². The normalized spacial score (nSPS) is 16.4. The van der Waals surface area contributed by atoms with Gasteiger partial charge in [-0.15, -0.1) is 0 Å². The lowest BCUT2D eigenvalue weighted by Crippen LogP contribution is -2.38. The maximum Gasteiger partial charge on any atom is 0.427 e. The first-order valence-electron chi connectivity index (χ1n) is 7.35. The minimum absolute atomic E-state index is 0.155. The molecular weight excluding hydrogens is 345 g/mol. The van der Waals surface area contributed by atoms with Crippen LogP contribution in [0, 0.1) is 12.8 Å². The maximum atomic E-state index is 12.6. The smallest absolute Gasteiger partial charge is 0.360 e. The number of hydrogen-bond acceptors (Lipinski definition) is 6. The van der Waals surface area contributed by atoms with Crippen molar-refractivity contribution < 1.29 is 22.5 Å². The van der Waals surface area contributed by atoms with Crippen LogP contribution in [0.25, 0.3) is 0 Å². The van der Waals surface area contributed by atoms with E-state index >= 15 is 0 Å². The van der Waals surface area contributed by atoms with Crippen LogP contribution in [0.2, 0.25) is 0 Å². The molecule has 6 nitrogen and oxygen atoms in total. The second kappa shape index (κ2) is 6.42. The highest BCUT2D eigenvalue weighted by Crippen LogP contribution is 2.37. The molecule has 0 aromatic carbocycles. The molecule has 1 aliphatic heterocycles. The summed E-state index contributed by atoms with van der Waals surface area (Å²) in [7, 11) is 0. The Bertz CT molecular complexity index is 720. The second-order valence-electron chi connectivity index (χ2n) is 5.58. The van der Waals surface area contributed by atoms with Gasteiger partial charge < -0.3 is 14.7 Å². The highest BCUT2D eigenvalue weighted by atomic mass is 32.1. The number of aryl methyl sites for hydroxylation is 1. The van der Waals surface area contributed by atoms with Gasteiger partial charge in [0.15, 0.2) is 10.9 Å². The van der Waals surface area contributed by atoms with Crippen LogP contribution >= 0.6 is 11.3 Å². The van der Waals surface area contributed by atoms with Crippen LogP contribution in [-0.4, -0.2) is 29.1 Å². The van der Waals surface area contributed by atoms with E-state index in [-0.39, 0.29) is 11.8 Å². The number of thiazole rings is 1. The maximum absolute atomic E-state index is 12.6. The number of rotatable bonds is 3. The van der Waals surface area contributed by atoms with Gasteiger partial charge in [-0.2, -0.15) is 13.2 Å². The Labute approximate surface area is 139 Å². The zero-order valence-corrected chi connectivity index (χ0v) is 13.6. The Morgan fingerprint density at radius 3 is 2.67 bits per heavy atom. The Morgan fingerprint density at radius 2 is 2.12 bits per heavy atom. The number of hydrogen-bond donors (Lipinski definition) is 1. The lowest BCUT2D eigenvalue weighted by Gasteiger charge is -2.30. The zero-order valence-electron chi connectivity index (χ0n) is 12.8. The van der Waals surface area contributed by atoms with Crippen molar-refractivity contribution in [3.05, 3.63) is 22.9 Å². The molecule has 1 saturated heterocycles. The predicted molar refractivity (Wildman–Crippen MR) is 81.9 cm³/mol. The molecule has 3 rings (SSSR count). The summed E-state index contributed by atoms with van der Waals surface area (Å²) < 4.78 is 42.8. The molecule has 0 spiro atoms. The summed E-state index contributed by atoms with van der Waals surface area (Å²) in [5.41, 5.74) is 0. The molecule has 1 amide bonds. The fourth-order valence-electron chi connectivity index (χ4n) is 2.53. The van der Waals surface area contributed by atoms with Gasteiger partial charge in [0, 0.05) is 25.1 Å². The number of nitrogens with zero attached hydrogens (tertiary/aromatic N) is 3.